The average Bonchev–Trinajstić information content (AvgIpc) is 3.40. The number of benzene rings is 4. The van der Waals surface area contributed by atoms with E-state index in [2.05, 4.69) is 43.9 Å². The van der Waals surface area contributed by atoms with E-state index in [9.17, 15) is 14.6 Å². The van der Waals surface area contributed by atoms with Gasteiger partial charge < -0.3 is 10.2 Å². The first kappa shape index (κ1) is 30.7. The maximum absolute atomic E-state index is 13.6. The van der Waals surface area contributed by atoms with Crippen LogP contribution in [0.5, 0.6) is 5.75 Å². The lowest BCUT2D eigenvalue weighted by molar-refractivity contribution is -0.0226. The Morgan fingerprint density at radius 2 is 1.37 bits per heavy atom. The van der Waals surface area contributed by atoms with Gasteiger partial charge >= 0.3 is 0 Å². The Morgan fingerprint density at radius 3 is 2.00 bits per heavy atom. The van der Waals surface area contributed by atoms with E-state index in [1.54, 1.807) is 12.1 Å². The number of rotatable bonds is 3. The van der Waals surface area contributed by atoms with Gasteiger partial charge in [0.05, 0.1) is 10.6 Å². The number of aliphatic hydroxyl groups excluding tert-OH is 1. The van der Waals surface area contributed by atoms with Crippen molar-refractivity contribution in [1.29, 1.82) is 0 Å². The van der Waals surface area contributed by atoms with Crippen LogP contribution < -0.4 is 0 Å². The van der Waals surface area contributed by atoms with Gasteiger partial charge in [-0.1, -0.05) is 73.7 Å². The number of halogens is 2. The summed E-state index contributed by atoms with van der Waals surface area (Å²) in [4.78, 5) is 13.8. The summed E-state index contributed by atoms with van der Waals surface area (Å²) >= 11 is 3.22. The van der Waals surface area contributed by atoms with Gasteiger partial charge in [-0.05, 0) is 119 Å². The molecule has 2 fully saturated rings. The van der Waals surface area contributed by atoms with Crippen molar-refractivity contribution in [2.45, 2.75) is 57.5 Å². The van der Waals surface area contributed by atoms with E-state index in [0.29, 0.717) is 39.5 Å². The summed E-state index contributed by atoms with van der Waals surface area (Å²) in [5.41, 5.74) is 5.50. The van der Waals surface area contributed by atoms with Gasteiger partial charge in [0.15, 0.2) is 17.5 Å². The molecule has 0 amide bonds. The zero-order chi connectivity index (χ0) is 31.8. The Kier molecular flexibility index (Phi) is 8.47. The van der Waals surface area contributed by atoms with E-state index in [1.807, 2.05) is 72.8 Å². The largest absolute Gasteiger partial charge is 0.508 e. The zero-order valence-electron chi connectivity index (χ0n) is 25.8. The molecule has 1 aromatic heterocycles. The molecular formula is C39H37BrFN3O2. The Bertz CT molecular complexity index is 1800. The first-order chi connectivity index (χ1) is 22.3. The van der Waals surface area contributed by atoms with E-state index in [1.165, 1.54) is 36.5 Å². The molecule has 5 atom stereocenters. The lowest BCUT2D eigenvalue weighted by Gasteiger charge is -2.50. The minimum Gasteiger partial charge on any atom is -0.508 e. The molecule has 0 aliphatic heterocycles. The van der Waals surface area contributed by atoms with Gasteiger partial charge in [0.1, 0.15) is 11.6 Å². The van der Waals surface area contributed by atoms with Crippen LogP contribution in [0.25, 0.3) is 34.2 Å². The maximum atomic E-state index is 13.6. The van der Waals surface area contributed by atoms with Crippen molar-refractivity contribution in [2.75, 3.05) is 0 Å². The fourth-order valence-corrected chi connectivity index (χ4v) is 8.49. The van der Waals surface area contributed by atoms with Crippen molar-refractivity contribution in [3.8, 4) is 39.9 Å². The lowest BCUT2D eigenvalue weighted by Crippen LogP contribution is -2.43. The van der Waals surface area contributed by atoms with Crippen LogP contribution in [0.4, 0.5) is 4.39 Å². The number of phenolic OH excluding ortho intramolecular Hbond substituents is 1. The molecule has 2 saturated carbocycles. The van der Waals surface area contributed by atoms with Crippen molar-refractivity contribution in [1.82, 2.24) is 15.0 Å². The van der Waals surface area contributed by atoms with Crippen LogP contribution in [0.15, 0.2) is 102 Å². The second-order valence-electron chi connectivity index (χ2n) is 13.1. The normalized spacial score (nSPS) is 24.6. The number of nitrogens with zero attached hydrogens (tertiary/aromatic N) is 3. The van der Waals surface area contributed by atoms with Crippen molar-refractivity contribution in [2.24, 2.45) is 17.3 Å². The van der Waals surface area contributed by atoms with Crippen LogP contribution in [0.3, 0.4) is 0 Å². The Morgan fingerprint density at radius 1 is 0.739 bits per heavy atom. The van der Waals surface area contributed by atoms with Gasteiger partial charge in [0.2, 0.25) is 0 Å². The van der Waals surface area contributed by atoms with Crippen LogP contribution in [0.2, 0.25) is 0 Å². The highest BCUT2D eigenvalue weighted by atomic mass is 79.9. The van der Waals surface area contributed by atoms with Gasteiger partial charge in [-0.3, -0.25) is 0 Å². The third-order valence-corrected chi connectivity index (χ3v) is 11.1. The molecule has 2 N–H and O–H groups in total. The SMILES string of the molecule is C[C@]12CC[C@@H]3c4ccc(O)cc4CC[C@H]3[C@@H]1CC[C@@H]2O.Fc1ccc(-c2nc(-c3ccccc3)nc(-c3ccccc3)n2)cc1Br. The molecule has 7 heteroatoms. The van der Waals surface area contributed by atoms with E-state index < -0.39 is 0 Å². The first-order valence-electron chi connectivity index (χ1n) is 16.1. The van der Waals surface area contributed by atoms with Crippen molar-refractivity contribution < 1.29 is 14.6 Å². The average molecular weight is 679 g/mol. The summed E-state index contributed by atoms with van der Waals surface area (Å²) in [7, 11) is 0. The van der Waals surface area contributed by atoms with Crippen LogP contribution in [-0.2, 0) is 6.42 Å². The quantitative estimate of drug-likeness (QED) is 0.199. The van der Waals surface area contributed by atoms with E-state index in [4.69, 9.17) is 0 Å². The number of aromatic nitrogens is 3. The van der Waals surface area contributed by atoms with Crippen LogP contribution in [0.1, 0.15) is 56.1 Å². The number of aryl methyl sites for hydroxylation is 1. The van der Waals surface area contributed by atoms with E-state index in [0.717, 1.165) is 41.9 Å². The summed E-state index contributed by atoms with van der Waals surface area (Å²) in [5.74, 6) is 3.82. The minimum atomic E-state index is -0.325. The van der Waals surface area contributed by atoms with E-state index >= 15 is 0 Å². The molecule has 0 radical (unpaired) electrons. The Labute approximate surface area is 277 Å². The number of aromatic hydroxyl groups is 1. The summed E-state index contributed by atoms with van der Waals surface area (Å²) in [6, 6.07) is 30.2. The predicted octanol–water partition coefficient (Wildman–Crippen LogP) is 9.38. The molecule has 3 aliphatic carbocycles. The molecule has 234 valence electrons. The molecule has 0 spiro atoms. The van der Waals surface area contributed by atoms with Gasteiger partial charge in [-0.15, -0.1) is 0 Å². The number of phenols is 1. The molecule has 0 unspecified atom stereocenters. The summed E-state index contributed by atoms with van der Waals surface area (Å²) in [5, 5.41) is 20.0. The van der Waals surface area contributed by atoms with E-state index in [-0.39, 0.29) is 17.3 Å². The third kappa shape index (κ3) is 5.87. The number of hydrogen-bond acceptors (Lipinski definition) is 5. The van der Waals surface area contributed by atoms with Crippen LogP contribution in [0, 0.1) is 23.1 Å². The Hall–Kier alpha value is -3.94. The molecule has 4 aromatic carbocycles. The lowest BCUT2D eigenvalue weighted by atomic mass is 9.55. The fourth-order valence-electron chi connectivity index (χ4n) is 8.11. The molecule has 5 nitrogen and oxygen atoms in total. The van der Waals surface area contributed by atoms with Crippen molar-refractivity contribution >= 4 is 15.9 Å². The second kappa shape index (κ2) is 12.7. The molecule has 0 bridgehead atoms. The summed E-state index contributed by atoms with van der Waals surface area (Å²) in [6.45, 7) is 2.32. The highest BCUT2D eigenvalue weighted by Crippen LogP contribution is 2.60. The fraction of sp³-hybridized carbons (Fsp3) is 0.308. The third-order valence-electron chi connectivity index (χ3n) is 10.5. The van der Waals surface area contributed by atoms with Gasteiger partial charge in [-0.25, -0.2) is 19.3 Å². The summed E-state index contributed by atoms with van der Waals surface area (Å²) in [6.07, 6.45) is 6.78. The predicted molar refractivity (Wildman–Crippen MR) is 183 cm³/mol. The second-order valence-corrected chi connectivity index (χ2v) is 14.0. The Balaban J connectivity index is 0.000000152. The minimum absolute atomic E-state index is 0.0883. The highest BCUT2D eigenvalue weighted by Gasteiger charge is 2.54. The van der Waals surface area contributed by atoms with Gasteiger partial charge in [-0.2, -0.15) is 0 Å². The first-order valence-corrected chi connectivity index (χ1v) is 16.9. The van der Waals surface area contributed by atoms with Crippen LogP contribution in [-0.4, -0.2) is 31.3 Å². The maximum Gasteiger partial charge on any atom is 0.164 e. The molecule has 1 heterocycles. The smallest absolute Gasteiger partial charge is 0.164 e. The van der Waals surface area contributed by atoms with Crippen molar-refractivity contribution in [3.05, 3.63) is 118 Å². The number of aliphatic hydroxyl groups is 1. The highest BCUT2D eigenvalue weighted by molar-refractivity contribution is 9.10. The standard InChI is InChI=1S/C21H13BrFN3.C18H24O2/c22-17-13-16(11-12-18(17)23)21-25-19(14-7-3-1-4-8-14)24-20(26-21)15-9-5-2-6-10-15;1-18-9-8-14-13-5-3-12(19)10-11(13)2-4-15(14)16(18)6-7-17(18)20/h1-13H;3,5,10,14-17,19-20H,2,4,6-9H2,1H3/t;14-,15-,16+,17+,18+/m.1/s1. The molecule has 8 rings (SSSR count). The number of hydrogen-bond donors (Lipinski definition) is 2. The molecule has 46 heavy (non-hydrogen) atoms. The topological polar surface area (TPSA) is 79.1 Å². The van der Waals surface area contributed by atoms with Crippen molar-refractivity contribution in [3.63, 3.8) is 0 Å². The van der Waals surface area contributed by atoms with Crippen LogP contribution >= 0.6 is 15.9 Å². The van der Waals surface area contributed by atoms with Gasteiger partial charge in [0, 0.05) is 16.7 Å². The molecule has 5 aromatic rings. The molecule has 3 aliphatic rings. The molecule has 0 saturated heterocycles. The summed E-state index contributed by atoms with van der Waals surface area (Å²) < 4.78 is 14.0. The number of fused-ring (bicyclic) bond motifs is 5. The van der Waals surface area contributed by atoms with Gasteiger partial charge in [0.25, 0.3) is 0 Å². The zero-order valence-corrected chi connectivity index (χ0v) is 27.4. The monoisotopic (exact) mass is 677 g/mol. The molecular weight excluding hydrogens is 641 g/mol.